The first-order valence-electron chi connectivity index (χ1n) is 6.76. The molecule has 0 aromatic heterocycles. The third-order valence-corrected chi connectivity index (χ3v) is 3.25. The number of halogens is 1. The molecule has 0 unspecified atom stereocenters. The predicted octanol–water partition coefficient (Wildman–Crippen LogP) is 3.11. The van der Waals surface area contributed by atoms with Crippen molar-refractivity contribution in [3.05, 3.63) is 65.0 Å². The molecule has 1 N–H and O–H groups in total. The lowest BCUT2D eigenvalue weighted by molar-refractivity contribution is 0.350. The highest BCUT2D eigenvalue weighted by molar-refractivity contribution is 5.48. The van der Waals surface area contributed by atoms with E-state index in [4.69, 9.17) is 5.11 Å². The molecule has 0 bridgehead atoms. The van der Waals surface area contributed by atoms with E-state index in [2.05, 4.69) is 11.8 Å². The van der Waals surface area contributed by atoms with Gasteiger partial charge in [0.05, 0.1) is 0 Å². The van der Waals surface area contributed by atoms with Crippen LogP contribution in [0.15, 0.2) is 42.5 Å². The zero-order valence-electron chi connectivity index (χ0n) is 12.2. The fraction of sp³-hybridized carbons (Fsp3) is 0.222. The first kappa shape index (κ1) is 15.1. The number of anilines is 1. The summed E-state index contributed by atoms with van der Waals surface area (Å²) in [7, 11) is 1.93. The van der Waals surface area contributed by atoms with Gasteiger partial charge >= 0.3 is 0 Å². The highest BCUT2D eigenvalue weighted by Crippen LogP contribution is 2.18. The monoisotopic (exact) mass is 283 g/mol. The Bertz CT molecular complexity index is 668. The van der Waals surface area contributed by atoms with Crippen molar-refractivity contribution in [2.45, 2.75) is 13.5 Å². The lowest BCUT2D eigenvalue weighted by Gasteiger charge is -2.20. The number of aliphatic hydroxyl groups excluding tert-OH is 1. The predicted molar refractivity (Wildman–Crippen MR) is 83.6 cm³/mol. The number of hydrogen-bond donors (Lipinski definition) is 1. The fourth-order valence-corrected chi connectivity index (χ4v) is 2.04. The Morgan fingerprint density at radius 3 is 2.48 bits per heavy atom. The van der Waals surface area contributed by atoms with Crippen LogP contribution in [0.3, 0.4) is 0 Å². The number of benzene rings is 2. The summed E-state index contributed by atoms with van der Waals surface area (Å²) < 4.78 is 14.1. The molecule has 108 valence electrons. The van der Waals surface area contributed by atoms with Gasteiger partial charge in [0.1, 0.15) is 12.4 Å². The number of aliphatic hydroxyl groups is 1. The summed E-state index contributed by atoms with van der Waals surface area (Å²) in [4.78, 5) is 2.00. The topological polar surface area (TPSA) is 23.5 Å². The normalized spacial score (nSPS) is 9.90. The Morgan fingerprint density at radius 1 is 1.14 bits per heavy atom. The fourth-order valence-electron chi connectivity index (χ4n) is 2.04. The molecule has 0 fully saturated rings. The third kappa shape index (κ3) is 4.08. The molecule has 0 aliphatic heterocycles. The second kappa shape index (κ2) is 6.92. The zero-order chi connectivity index (χ0) is 15.2. The first-order chi connectivity index (χ1) is 10.1. The smallest absolute Gasteiger partial charge is 0.129 e. The first-order valence-corrected chi connectivity index (χ1v) is 6.76. The van der Waals surface area contributed by atoms with Crippen molar-refractivity contribution < 1.29 is 9.50 Å². The maximum Gasteiger partial charge on any atom is 0.129 e. The summed E-state index contributed by atoms with van der Waals surface area (Å²) in [6.45, 7) is 2.30. The number of nitrogens with zero attached hydrogens (tertiary/aromatic N) is 1. The minimum Gasteiger partial charge on any atom is -0.384 e. The van der Waals surface area contributed by atoms with E-state index >= 15 is 0 Å². The molecule has 2 nitrogen and oxygen atoms in total. The second-order valence-electron chi connectivity index (χ2n) is 4.96. The van der Waals surface area contributed by atoms with E-state index in [0.29, 0.717) is 17.7 Å². The van der Waals surface area contributed by atoms with E-state index in [0.717, 1.165) is 5.69 Å². The average Bonchev–Trinajstić information content (AvgIpc) is 2.48. The largest absolute Gasteiger partial charge is 0.384 e. The summed E-state index contributed by atoms with van der Waals surface area (Å²) in [5.74, 6) is 4.93. The Labute approximate surface area is 124 Å². The lowest BCUT2D eigenvalue weighted by atomic mass is 10.1. The van der Waals surface area contributed by atoms with E-state index in [1.165, 1.54) is 11.6 Å². The van der Waals surface area contributed by atoms with Crippen LogP contribution in [0, 0.1) is 24.6 Å². The molecular weight excluding hydrogens is 265 g/mol. The molecule has 0 aliphatic carbocycles. The van der Waals surface area contributed by atoms with E-state index in [1.807, 2.05) is 43.1 Å². The minimum absolute atomic E-state index is 0.223. The van der Waals surface area contributed by atoms with Gasteiger partial charge in [-0.15, -0.1) is 0 Å². The lowest BCUT2D eigenvalue weighted by Crippen LogP contribution is -2.17. The van der Waals surface area contributed by atoms with Crippen LogP contribution in [0.1, 0.15) is 16.7 Å². The van der Waals surface area contributed by atoms with Gasteiger partial charge in [0.2, 0.25) is 0 Å². The van der Waals surface area contributed by atoms with Crippen LogP contribution >= 0.6 is 0 Å². The Morgan fingerprint density at radius 2 is 1.86 bits per heavy atom. The van der Waals surface area contributed by atoms with Gasteiger partial charge in [-0.05, 0) is 31.2 Å². The van der Waals surface area contributed by atoms with Crippen molar-refractivity contribution in [3.63, 3.8) is 0 Å². The van der Waals surface area contributed by atoms with Crippen molar-refractivity contribution in [2.24, 2.45) is 0 Å². The summed E-state index contributed by atoms with van der Waals surface area (Å²) in [5.41, 5.74) is 3.44. The molecule has 0 atom stereocenters. The van der Waals surface area contributed by atoms with Crippen LogP contribution in [-0.2, 0) is 6.54 Å². The quantitative estimate of drug-likeness (QED) is 0.875. The highest BCUT2D eigenvalue weighted by atomic mass is 19.1. The molecular formula is C18H18FNO. The molecule has 3 heteroatoms. The summed E-state index contributed by atoms with van der Waals surface area (Å²) >= 11 is 0. The molecule has 0 saturated carbocycles. The van der Waals surface area contributed by atoms with Crippen LogP contribution in [0.25, 0.3) is 0 Å². The molecule has 0 radical (unpaired) electrons. The van der Waals surface area contributed by atoms with Gasteiger partial charge in [-0.2, -0.15) is 0 Å². The number of aryl methyl sites for hydroxylation is 1. The molecule has 0 heterocycles. The third-order valence-electron chi connectivity index (χ3n) is 3.25. The maximum absolute atomic E-state index is 14.1. The van der Waals surface area contributed by atoms with Crippen molar-refractivity contribution in [3.8, 4) is 11.8 Å². The van der Waals surface area contributed by atoms with Gasteiger partial charge in [0, 0.05) is 30.4 Å². The SMILES string of the molecule is Cc1ccc(N(C)Cc2ccc(C#CCO)cc2F)cc1. The van der Waals surface area contributed by atoms with Gasteiger partial charge in [-0.1, -0.05) is 35.6 Å². The molecule has 0 saturated heterocycles. The molecule has 2 aromatic carbocycles. The summed E-state index contributed by atoms with van der Waals surface area (Å²) in [5, 5.41) is 8.64. The van der Waals surface area contributed by atoms with E-state index in [1.54, 1.807) is 12.1 Å². The van der Waals surface area contributed by atoms with Gasteiger partial charge in [0.25, 0.3) is 0 Å². The van der Waals surface area contributed by atoms with Crippen molar-refractivity contribution >= 4 is 5.69 Å². The Kier molecular flexibility index (Phi) is 4.97. The molecule has 0 aliphatic rings. The second-order valence-corrected chi connectivity index (χ2v) is 4.96. The van der Waals surface area contributed by atoms with Crippen LogP contribution < -0.4 is 4.90 Å². The van der Waals surface area contributed by atoms with E-state index in [9.17, 15) is 4.39 Å². The van der Waals surface area contributed by atoms with E-state index < -0.39 is 0 Å². The van der Waals surface area contributed by atoms with Crippen molar-refractivity contribution in [1.82, 2.24) is 0 Å². The molecule has 2 aromatic rings. The summed E-state index contributed by atoms with van der Waals surface area (Å²) in [6.07, 6.45) is 0. The Hall–Kier alpha value is -2.31. The van der Waals surface area contributed by atoms with E-state index in [-0.39, 0.29) is 12.4 Å². The highest BCUT2D eigenvalue weighted by Gasteiger charge is 2.07. The molecule has 2 rings (SSSR count). The average molecular weight is 283 g/mol. The van der Waals surface area contributed by atoms with Crippen molar-refractivity contribution in [1.29, 1.82) is 0 Å². The van der Waals surface area contributed by atoms with Gasteiger partial charge in [-0.3, -0.25) is 0 Å². The summed E-state index contributed by atoms with van der Waals surface area (Å²) in [6, 6.07) is 13.0. The molecule has 21 heavy (non-hydrogen) atoms. The van der Waals surface area contributed by atoms with Gasteiger partial charge < -0.3 is 10.0 Å². The molecule has 0 spiro atoms. The minimum atomic E-state index is -0.279. The Balaban J connectivity index is 2.14. The molecule has 0 amide bonds. The van der Waals surface area contributed by atoms with Crippen molar-refractivity contribution in [2.75, 3.05) is 18.6 Å². The zero-order valence-corrected chi connectivity index (χ0v) is 12.2. The maximum atomic E-state index is 14.1. The van der Waals surface area contributed by atoms with Crippen LogP contribution in [0.4, 0.5) is 10.1 Å². The van der Waals surface area contributed by atoms with Gasteiger partial charge in [-0.25, -0.2) is 4.39 Å². The van der Waals surface area contributed by atoms with Gasteiger partial charge in [0.15, 0.2) is 0 Å². The van der Waals surface area contributed by atoms with Crippen LogP contribution in [0.2, 0.25) is 0 Å². The standard InChI is InChI=1S/C18H18FNO/c1-14-5-9-17(10-6-14)20(2)13-16-8-7-15(4-3-11-21)12-18(16)19/h5-10,12,21H,11,13H2,1-2H3. The van der Waals surface area contributed by atoms with Crippen LogP contribution in [-0.4, -0.2) is 18.8 Å². The number of rotatable bonds is 3. The number of hydrogen-bond acceptors (Lipinski definition) is 2. The van der Waals surface area contributed by atoms with Crippen LogP contribution in [0.5, 0.6) is 0 Å².